The highest BCUT2D eigenvalue weighted by Crippen LogP contribution is 2.12. The second-order valence-corrected chi connectivity index (χ2v) is 9.30. The van der Waals surface area contributed by atoms with Crippen LogP contribution in [0.4, 0.5) is 4.79 Å². The topological polar surface area (TPSA) is 100 Å². The quantitative estimate of drug-likeness (QED) is 0.260. The van der Waals surface area contributed by atoms with Gasteiger partial charge >= 0.3 is 6.09 Å². The first-order valence-corrected chi connectivity index (χ1v) is 10.2. The zero-order chi connectivity index (χ0) is 18.4. The van der Waals surface area contributed by atoms with E-state index in [2.05, 4.69) is 15.6 Å². The Balaban J connectivity index is 0.00000576. The fourth-order valence-electron chi connectivity index (χ4n) is 2.41. The van der Waals surface area contributed by atoms with Gasteiger partial charge in [0.25, 0.3) is 0 Å². The average molecular weight is 490 g/mol. The Hall–Kier alpha value is -0.780. The number of carbonyl (C=O) groups excluding carboxylic acids is 1. The molecule has 0 bridgehead atoms. The van der Waals surface area contributed by atoms with Crippen LogP contribution in [0.25, 0.3) is 0 Å². The van der Waals surface area contributed by atoms with Crippen LogP contribution in [0, 0.1) is 0 Å². The Morgan fingerprint density at radius 3 is 2.52 bits per heavy atom. The first-order valence-electron chi connectivity index (χ1n) is 8.13. The van der Waals surface area contributed by atoms with Crippen LogP contribution in [0.15, 0.2) is 4.99 Å². The van der Waals surface area contributed by atoms with Crippen molar-refractivity contribution >= 4 is 45.9 Å². The molecule has 1 aliphatic rings. The minimum atomic E-state index is -2.94. The van der Waals surface area contributed by atoms with Crippen LogP contribution in [0.1, 0.15) is 33.6 Å². The molecule has 25 heavy (non-hydrogen) atoms. The predicted octanol–water partition coefficient (Wildman–Crippen LogP) is 1.21. The lowest BCUT2D eigenvalue weighted by Gasteiger charge is -2.23. The monoisotopic (exact) mass is 490 g/mol. The lowest BCUT2D eigenvalue weighted by molar-refractivity contribution is 0.0507. The number of hydrogen-bond donors (Lipinski definition) is 2. The van der Waals surface area contributed by atoms with Gasteiger partial charge in [-0.25, -0.2) is 13.2 Å². The molecule has 1 fully saturated rings. The molecule has 0 saturated carbocycles. The van der Waals surface area contributed by atoms with E-state index >= 15 is 0 Å². The molecule has 1 rings (SSSR count). The summed E-state index contributed by atoms with van der Waals surface area (Å²) in [4.78, 5) is 18.1. The standard InChI is InChI=1S/C15H30N4O4S.HI/c1-15(2,3)23-14(20)18-12-7-9-19(11-12)13(16-4)17-8-6-10-24(5,21)22;/h12H,6-11H2,1-5H3,(H,16,17)(H,18,20);1H. The third kappa shape index (κ3) is 10.7. The van der Waals surface area contributed by atoms with E-state index < -0.39 is 21.5 Å². The van der Waals surface area contributed by atoms with E-state index in [9.17, 15) is 13.2 Å². The van der Waals surface area contributed by atoms with Crippen molar-refractivity contribution in [1.29, 1.82) is 0 Å². The number of sulfone groups is 1. The van der Waals surface area contributed by atoms with Gasteiger partial charge in [0.1, 0.15) is 15.4 Å². The number of hydrogen-bond acceptors (Lipinski definition) is 5. The van der Waals surface area contributed by atoms with Crippen molar-refractivity contribution in [3.63, 3.8) is 0 Å². The maximum Gasteiger partial charge on any atom is 0.407 e. The van der Waals surface area contributed by atoms with Gasteiger partial charge in [0.05, 0.1) is 11.8 Å². The SMILES string of the molecule is CN=C(NCCCS(C)(=O)=O)N1CCC(NC(=O)OC(C)(C)C)C1.I. The highest BCUT2D eigenvalue weighted by molar-refractivity contribution is 14.0. The van der Waals surface area contributed by atoms with Gasteiger partial charge in [0, 0.05) is 32.9 Å². The van der Waals surface area contributed by atoms with Gasteiger partial charge in [0.2, 0.25) is 0 Å². The van der Waals surface area contributed by atoms with E-state index in [0.29, 0.717) is 19.5 Å². The van der Waals surface area contributed by atoms with E-state index in [0.717, 1.165) is 18.9 Å². The van der Waals surface area contributed by atoms with Crippen LogP contribution in [0.3, 0.4) is 0 Å². The Bertz CT molecular complexity index is 560. The summed E-state index contributed by atoms with van der Waals surface area (Å²) in [5.74, 6) is 0.872. The zero-order valence-electron chi connectivity index (χ0n) is 15.7. The number of amides is 1. The van der Waals surface area contributed by atoms with Crippen molar-refractivity contribution in [2.24, 2.45) is 4.99 Å². The van der Waals surface area contributed by atoms with E-state index in [1.807, 2.05) is 25.7 Å². The Kier molecular flexibility index (Phi) is 10.1. The summed E-state index contributed by atoms with van der Waals surface area (Å²) >= 11 is 0. The van der Waals surface area contributed by atoms with Gasteiger partial charge in [-0.05, 0) is 33.6 Å². The first-order chi connectivity index (χ1) is 11.0. The van der Waals surface area contributed by atoms with Gasteiger partial charge in [-0.2, -0.15) is 0 Å². The first kappa shape index (κ1) is 24.2. The van der Waals surface area contributed by atoms with Crippen molar-refractivity contribution < 1.29 is 17.9 Å². The summed E-state index contributed by atoms with van der Waals surface area (Å²) in [6, 6.07) is 0.00872. The predicted molar refractivity (Wildman–Crippen MR) is 110 cm³/mol. The fourth-order valence-corrected chi connectivity index (χ4v) is 3.08. The molecule has 0 radical (unpaired) electrons. The molecule has 0 spiro atoms. The van der Waals surface area contributed by atoms with Gasteiger partial charge < -0.3 is 20.3 Å². The van der Waals surface area contributed by atoms with Crippen LogP contribution in [0.5, 0.6) is 0 Å². The summed E-state index contributed by atoms with van der Waals surface area (Å²) in [6.07, 6.45) is 2.16. The van der Waals surface area contributed by atoms with Crippen LogP contribution < -0.4 is 10.6 Å². The minimum absolute atomic E-state index is 0. The highest BCUT2D eigenvalue weighted by atomic mass is 127. The second-order valence-electron chi connectivity index (χ2n) is 7.04. The average Bonchev–Trinajstić information content (AvgIpc) is 2.83. The molecule has 1 amide bonds. The molecule has 1 atom stereocenters. The maximum absolute atomic E-state index is 11.8. The van der Waals surface area contributed by atoms with Crippen molar-refractivity contribution in [2.45, 2.75) is 45.3 Å². The second kappa shape index (κ2) is 10.4. The lowest BCUT2D eigenvalue weighted by atomic mass is 10.2. The number of alkyl carbamates (subject to hydrolysis) is 1. The van der Waals surface area contributed by atoms with Crippen LogP contribution in [0.2, 0.25) is 0 Å². The molecule has 0 aromatic heterocycles. The van der Waals surface area contributed by atoms with Gasteiger partial charge in [-0.3, -0.25) is 4.99 Å². The van der Waals surface area contributed by atoms with E-state index in [1.165, 1.54) is 6.26 Å². The number of aliphatic imine (C=N–C) groups is 1. The van der Waals surface area contributed by atoms with Crippen molar-refractivity contribution in [2.75, 3.05) is 38.7 Å². The molecule has 8 nitrogen and oxygen atoms in total. The molecule has 0 aliphatic carbocycles. The Labute approximate surface area is 168 Å². The Morgan fingerprint density at radius 1 is 1.36 bits per heavy atom. The van der Waals surface area contributed by atoms with Gasteiger partial charge in [0.15, 0.2) is 5.96 Å². The van der Waals surface area contributed by atoms with Crippen molar-refractivity contribution in [3.05, 3.63) is 0 Å². The smallest absolute Gasteiger partial charge is 0.407 e. The fraction of sp³-hybridized carbons (Fsp3) is 0.867. The van der Waals surface area contributed by atoms with Crippen molar-refractivity contribution in [3.8, 4) is 0 Å². The number of guanidine groups is 1. The van der Waals surface area contributed by atoms with Crippen molar-refractivity contribution in [1.82, 2.24) is 15.5 Å². The zero-order valence-corrected chi connectivity index (χ0v) is 18.8. The summed E-state index contributed by atoms with van der Waals surface area (Å²) in [5, 5.41) is 6.03. The number of nitrogens with zero attached hydrogens (tertiary/aromatic N) is 2. The number of likely N-dealkylation sites (tertiary alicyclic amines) is 1. The number of nitrogens with one attached hydrogen (secondary N) is 2. The molecular formula is C15H31IN4O4S. The largest absolute Gasteiger partial charge is 0.444 e. The summed E-state index contributed by atoms with van der Waals surface area (Å²) in [7, 11) is -1.25. The van der Waals surface area contributed by atoms with Gasteiger partial charge in [-0.15, -0.1) is 24.0 Å². The molecule has 1 saturated heterocycles. The molecule has 0 aromatic carbocycles. The third-order valence-corrected chi connectivity index (χ3v) is 4.43. The number of ether oxygens (including phenoxy) is 1. The lowest BCUT2D eigenvalue weighted by Crippen LogP contribution is -2.44. The number of carbonyl (C=O) groups is 1. The van der Waals surface area contributed by atoms with Crippen LogP contribution in [-0.4, -0.2) is 75.7 Å². The molecule has 10 heteroatoms. The molecule has 1 unspecified atom stereocenters. The normalized spacial score (nSPS) is 18.5. The summed E-state index contributed by atoms with van der Waals surface area (Å²) in [6.45, 7) is 7.44. The molecular weight excluding hydrogens is 459 g/mol. The van der Waals surface area contributed by atoms with E-state index in [1.54, 1.807) is 7.05 Å². The number of halogens is 1. The number of rotatable bonds is 5. The maximum atomic E-state index is 11.8. The molecule has 148 valence electrons. The van der Waals surface area contributed by atoms with Gasteiger partial charge in [-0.1, -0.05) is 0 Å². The van der Waals surface area contributed by atoms with Crippen LogP contribution in [-0.2, 0) is 14.6 Å². The highest BCUT2D eigenvalue weighted by Gasteiger charge is 2.27. The molecule has 1 aliphatic heterocycles. The van der Waals surface area contributed by atoms with E-state index in [-0.39, 0.29) is 35.8 Å². The van der Waals surface area contributed by atoms with E-state index in [4.69, 9.17) is 4.74 Å². The summed E-state index contributed by atoms with van der Waals surface area (Å²) in [5.41, 5.74) is -0.514. The third-order valence-electron chi connectivity index (χ3n) is 3.40. The molecule has 2 N–H and O–H groups in total. The molecule has 0 aromatic rings. The Morgan fingerprint density at radius 2 is 2.00 bits per heavy atom. The molecule has 1 heterocycles. The van der Waals surface area contributed by atoms with Crippen LogP contribution >= 0.6 is 24.0 Å². The minimum Gasteiger partial charge on any atom is -0.444 e. The summed E-state index contributed by atoms with van der Waals surface area (Å²) < 4.78 is 27.5.